The van der Waals surface area contributed by atoms with Crippen LogP contribution in [0.3, 0.4) is 0 Å². The number of nitrogens with one attached hydrogen (secondary N) is 1. The number of fused-ring (bicyclic) bond motifs is 1. The van der Waals surface area contributed by atoms with E-state index in [1.165, 1.54) is 16.7 Å². The Balaban J connectivity index is 1.42. The fraction of sp³-hybridized carbons (Fsp3) is 0.375. The molecular formula is C24H26ClN3O3S. The van der Waals surface area contributed by atoms with Gasteiger partial charge in [-0.25, -0.2) is 0 Å². The minimum Gasteiger partial charge on any atom is -0.354 e. The van der Waals surface area contributed by atoms with Gasteiger partial charge in [-0.05, 0) is 55.5 Å². The van der Waals surface area contributed by atoms with E-state index in [2.05, 4.69) is 5.32 Å². The lowest BCUT2D eigenvalue weighted by molar-refractivity contribution is -0.135. The van der Waals surface area contributed by atoms with Crippen LogP contribution in [-0.4, -0.2) is 54.1 Å². The van der Waals surface area contributed by atoms with Gasteiger partial charge in [0, 0.05) is 29.6 Å². The molecule has 2 aromatic carbocycles. The van der Waals surface area contributed by atoms with Gasteiger partial charge in [0.2, 0.25) is 11.8 Å². The third-order valence-electron chi connectivity index (χ3n) is 5.73. The van der Waals surface area contributed by atoms with Crippen molar-refractivity contribution in [3.05, 3.63) is 59.1 Å². The number of nitrogens with zero attached hydrogens (tertiary/aromatic N) is 2. The Morgan fingerprint density at radius 2 is 1.75 bits per heavy atom. The lowest BCUT2D eigenvalue weighted by atomic mass is 10.1. The summed E-state index contributed by atoms with van der Waals surface area (Å²) < 4.78 is 0. The zero-order chi connectivity index (χ0) is 22.5. The molecule has 0 bridgehead atoms. The molecule has 0 spiro atoms. The standard InChI is InChI=1S/C24H26ClN3O3S/c25-18-10-8-17(9-11-18)12-13-26-21(29)16-28-19-6-2-3-7-20(19)32-22(24(28)31)23(30)27-14-4-1-5-15-27/h2-3,6-11,22H,1,4-5,12-16H2,(H,26,29)/t22-/m0/s1. The summed E-state index contributed by atoms with van der Waals surface area (Å²) in [5, 5.41) is 2.71. The number of benzene rings is 2. The van der Waals surface area contributed by atoms with Gasteiger partial charge in [-0.1, -0.05) is 35.9 Å². The van der Waals surface area contributed by atoms with Crippen molar-refractivity contribution < 1.29 is 14.4 Å². The quantitative estimate of drug-likeness (QED) is 0.654. The Labute approximate surface area is 197 Å². The highest BCUT2D eigenvalue weighted by atomic mass is 35.5. The smallest absolute Gasteiger partial charge is 0.250 e. The average Bonchev–Trinajstić information content (AvgIpc) is 2.82. The van der Waals surface area contributed by atoms with Gasteiger partial charge in [-0.15, -0.1) is 11.8 Å². The molecule has 2 heterocycles. The number of thioether (sulfide) groups is 1. The van der Waals surface area contributed by atoms with E-state index >= 15 is 0 Å². The van der Waals surface area contributed by atoms with E-state index in [4.69, 9.17) is 11.6 Å². The van der Waals surface area contributed by atoms with Gasteiger partial charge in [-0.3, -0.25) is 14.4 Å². The van der Waals surface area contributed by atoms with Crippen molar-refractivity contribution in [2.75, 3.05) is 31.1 Å². The van der Waals surface area contributed by atoms with Gasteiger partial charge in [0.15, 0.2) is 5.25 Å². The van der Waals surface area contributed by atoms with Crippen molar-refractivity contribution in [3.8, 4) is 0 Å². The van der Waals surface area contributed by atoms with Crippen LogP contribution in [0.15, 0.2) is 53.4 Å². The molecule has 0 saturated carbocycles. The normalized spacial score (nSPS) is 18.3. The third-order valence-corrected chi connectivity index (χ3v) is 7.22. The maximum atomic E-state index is 13.3. The zero-order valence-electron chi connectivity index (χ0n) is 17.8. The molecule has 1 atom stereocenters. The van der Waals surface area contributed by atoms with Crippen molar-refractivity contribution in [2.45, 2.75) is 35.8 Å². The number of rotatable bonds is 6. The highest BCUT2D eigenvalue weighted by Crippen LogP contribution is 2.39. The second-order valence-electron chi connectivity index (χ2n) is 8.00. The summed E-state index contributed by atoms with van der Waals surface area (Å²) in [5.74, 6) is -0.724. The molecular weight excluding hydrogens is 446 g/mol. The van der Waals surface area contributed by atoms with Gasteiger partial charge < -0.3 is 15.1 Å². The van der Waals surface area contributed by atoms with Crippen LogP contribution in [0.1, 0.15) is 24.8 Å². The fourth-order valence-corrected chi connectivity index (χ4v) is 5.33. The predicted octanol–water partition coefficient (Wildman–Crippen LogP) is 3.52. The van der Waals surface area contributed by atoms with E-state index in [9.17, 15) is 14.4 Å². The molecule has 168 valence electrons. The molecule has 6 nitrogen and oxygen atoms in total. The SMILES string of the molecule is O=C(CN1C(=O)[C@H](C(=O)N2CCCCC2)Sc2ccccc21)NCCc1ccc(Cl)cc1. The zero-order valence-corrected chi connectivity index (χ0v) is 19.3. The number of hydrogen-bond acceptors (Lipinski definition) is 4. The first-order chi connectivity index (χ1) is 15.5. The summed E-state index contributed by atoms with van der Waals surface area (Å²) in [7, 11) is 0. The van der Waals surface area contributed by atoms with Gasteiger partial charge in [0.05, 0.1) is 5.69 Å². The number of piperidine rings is 1. The Bertz CT molecular complexity index is 992. The Morgan fingerprint density at radius 3 is 2.50 bits per heavy atom. The number of likely N-dealkylation sites (tertiary alicyclic amines) is 1. The Hall–Kier alpha value is -2.51. The summed E-state index contributed by atoms with van der Waals surface area (Å²) in [6, 6.07) is 14.9. The van der Waals surface area contributed by atoms with Crippen LogP contribution >= 0.6 is 23.4 Å². The summed E-state index contributed by atoms with van der Waals surface area (Å²) >= 11 is 7.20. The minimum absolute atomic E-state index is 0.110. The van der Waals surface area contributed by atoms with Gasteiger partial charge in [0.1, 0.15) is 6.54 Å². The van der Waals surface area contributed by atoms with Crippen molar-refractivity contribution in [2.24, 2.45) is 0 Å². The summed E-state index contributed by atoms with van der Waals surface area (Å²) in [6.45, 7) is 1.72. The molecule has 3 amide bonds. The molecule has 0 aliphatic carbocycles. The van der Waals surface area contributed by atoms with Crippen LogP contribution in [0, 0.1) is 0 Å². The highest BCUT2D eigenvalue weighted by molar-refractivity contribution is 8.01. The first-order valence-electron chi connectivity index (χ1n) is 10.9. The third kappa shape index (κ3) is 5.27. The fourth-order valence-electron chi connectivity index (χ4n) is 4.01. The van der Waals surface area contributed by atoms with E-state index in [1.54, 1.807) is 4.90 Å². The number of para-hydroxylation sites is 1. The second kappa shape index (κ2) is 10.4. The van der Waals surface area contributed by atoms with E-state index in [-0.39, 0.29) is 24.3 Å². The van der Waals surface area contributed by atoms with Crippen molar-refractivity contribution in [3.63, 3.8) is 0 Å². The first-order valence-corrected chi connectivity index (χ1v) is 12.2. The summed E-state index contributed by atoms with van der Waals surface area (Å²) in [4.78, 5) is 43.2. The largest absolute Gasteiger partial charge is 0.354 e. The topological polar surface area (TPSA) is 69.7 Å². The maximum Gasteiger partial charge on any atom is 0.250 e. The number of hydrogen-bond donors (Lipinski definition) is 1. The lowest BCUT2D eigenvalue weighted by Gasteiger charge is -2.36. The number of anilines is 1. The summed E-state index contributed by atoms with van der Waals surface area (Å²) in [5.41, 5.74) is 1.75. The molecule has 2 aliphatic rings. The van der Waals surface area contributed by atoms with E-state index < -0.39 is 5.25 Å². The van der Waals surface area contributed by atoms with Crippen molar-refractivity contribution >= 4 is 46.8 Å². The van der Waals surface area contributed by atoms with Gasteiger partial charge in [0.25, 0.3) is 5.91 Å². The average molecular weight is 472 g/mol. The lowest BCUT2D eigenvalue weighted by Crippen LogP contribution is -2.52. The van der Waals surface area contributed by atoms with Crippen LogP contribution in [0.5, 0.6) is 0 Å². The van der Waals surface area contributed by atoms with E-state index in [0.717, 1.165) is 29.7 Å². The highest BCUT2D eigenvalue weighted by Gasteiger charge is 2.40. The molecule has 32 heavy (non-hydrogen) atoms. The predicted molar refractivity (Wildman–Crippen MR) is 127 cm³/mol. The van der Waals surface area contributed by atoms with Crippen molar-refractivity contribution in [1.82, 2.24) is 10.2 Å². The van der Waals surface area contributed by atoms with Crippen LogP contribution in [-0.2, 0) is 20.8 Å². The molecule has 0 radical (unpaired) electrons. The van der Waals surface area contributed by atoms with E-state index in [1.807, 2.05) is 48.5 Å². The Kier molecular flexibility index (Phi) is 7.37. The summed E-state index contributed by atoms with van der Waals surface area (Å²) in [6.07, 6.45) is 3.71. The molecule has 1 saturated heterocycles. The number of carbonyl (C=O) groups excluding carboxylic acids is 3. The number of amides is 3. The van der Waals surface area contributed by atoms with Crippen molar-refractivity contribution in [1.29, 1.82) is 0 Å². The molecule has 8 heteroatoms. The van der Waals surface area contributed by atoms with Crippen LogP contribution in [0.25, 0.3) is 0 Å². The minimum atomic E-state index is -0.843. The van der Waals surface area contributed by atoms with Crippen LogP contribution < -0.4 is 10.2 Å². The molecule has 0 unspecified atom stereocenters. The van der Waals surface area contributed by atoms with Gasteiger partial charge in [-0.2, -0.15) is 0 Å². The molecule has 2 aliphatic heterocycles. The number of halogens is 1. The second-order valence-corrected chi connectivity index (χ2v) is 9.59. The molecule has 1 N–H and O–H groups in total. The molecule has 1 fully saturated rings. The monoisotopic (exact) mass is 471 g/mol. The Morgan fingerprint density at radius 1 is 1.03 bits per heavy atom. The first kappa shape index (κ1) is 22.7. The maximum absolute atomic E-state index is 13.3. The van der Waals surface area contributed by atoms with Crippen LogP contribution in [0.4, 0.5) is 5.69 Å². The van der Waals surface area contributed by atoms with E-state index in [0.29, 0.717) is 36.8 Å². The van der Waals surface area contributed by atoms with Crippen LogP contribution in [0.2, 0.25) is 5.02 Å². The molecule has 0 aromatic heterocycles. The molecule has 4 rings (SSSR count). The van der Waals surface area contributed by atoms with Gasteiger partial charge >= 0.3 is 0 Å². The number of carbonyl (C=O) groups is 3. The molecule has 2 aromatic rings.